The molecule has 0 aliphatic heterocycles. The van der Waals surface area contributed by atoms with Gasteiger partial charge >= 0.3 is 5.69 Å². The van der Waals surface area contributed by atoms with Crippen molar-refractivity contribution in [2.75, 3.05) is 12.4 Å². The zero-order valence-corrected chi connectivity index (χ0v) is 18.9. The summed E-state index contributed by atoms with van der Waals surface area (Å²) in [5.41, 5.74) is 0.639. The van der Waals surface area contributed by atoms with Crippen LogP contribution in [0.3, 0.4) is 0 Å². The molecule has 32 heavy (non-hydrogen) atoms. The van der Waals surface area contributed by atoms with Crippen molar-refractivity contribution in [1.29, 1.82) is 0 Å². The van der Waals surface area contributed by atoms with E-state index in [-0.39, 0.29) is 36.1 Å². The summed E-state index contributed by atoms with van der Waals surface area (Å²) in [4.78, 5) is 30.9. The van der Waals surface area contributed by atoms with Gasteiger partial charge in [0, 0.05) is 19.1 Å². The monoisotopic (exact) mass is 443 g/mol. The van der Waals surface area contributed by atoms with Crippen LogP contribution < -0.4 is 21.3 Å². The minimum atomic E-state index is -0.465. The largest absolute Gasteiger partial charge is 0.494 e. The number of halogens is 1. The van der Waals surface area contributed by atoms with E-state index in [9.17, 15) is 14.0 Å². The Balaban J connectivity index is 1.90. The summed E-state index contributed by atoms with van der Waals surface area (Å²) in [6.45, 7) is 4.54. The van der Waals surface area contributed by atoms with Gasteiger partial charge in [0.25, 0.3) is 5.56 Å². The molecule has 0 unspecified atom stereocenters. The van der Waals surface area contributed by atoms with Crippen LogP contribution in [0, 0.1) is 5.82 Å². The lowest BCUT2D eigenvalue weighted by Crippen LogP contribution is -2.40. The van der Waals surface area contributed by atoms with Gasteiger partial charge in [0.1, 0.15) is 0 Å². The summed E-state index contributed by atoms with van der Waals surface area (Å²) in [5.74, 6) is 0.237. The van der Waals surface area contributed by atoms with Crippen molar-refractivity contribution in [3.8, 4) is 5.75 Å². The Kier molecular flexibility index (Phi) is 6.34. The minimum Gasteiger partial charge on any atom is -0.494 e. The Morgan fingerprint density at radius 3 is 2.44 bits per heavy atom. The summed E-state index contributed by atoms with van der Waals surface area (Å²) in [5, 5.41) is 3.50. The molecule has 1 aliphatic rings. The first-order chi connectivity index (χ1) is 15.5. The first-order valence-electron chi connectivity index (χ1n) is 11.3. The van der Waals surface area contributed by atoms with Gasteiger partial charge in [-0.15, -0.1) is 0 Å². The van der Waals surface area contributed by atoms with E-state index in [1.165, 1.54) is 28.7 Å². The van der Waals surface area contributed by atoms with Gasteiger partial charge in [-0.05, 0) is 44.4 Å². The molecule has 1 saturated carbocycles. The fourth-order valence-electron chi connectivity index (χ4n) is 4.54. The third-order valence-corrected chi connectivity index (χ3v) is 6.24. The lowest BCUT2D eigenvalue weighted by molar-refractivity contribution is 0.386. The number of benzene rings is 1. The number of aromatic nitrogens is 4. The van der Waals surface area contributed by atoms with E-state index in [1.54, 1.807) is 23.6 Å². The molecule has 0 saturated heterocycles. The van der Waals surface area contributed by atoms with Gasteiger partial charge in [-0.3, -0.25) is 18.5 Å². The van der Waals surface area contributed by atoms with Crippen LogP contribution in [-0.4, -0.2) is 31.8 Å². The molecule has 1 N–H and O–H groups in total. The number of ether oxygens (including phenoxy) is 1. The van der Waals surface area contributed by atoms with Crippen LogP contribution in [-0.2, 0) is 19.6 Å². The predicted molar refractivity (Wildman–Crippen MR) is 122 cm³/mol. The molecule has 1 fully saturated rings. The summed E-state index contributed by atoms with van der Waals surface area (Å²) < 4.78 is 23.9. The molecular formula is C23H30FN5O3. The number of hydrogen-bond acceptors (Lipinski definition) is 5. The third-order valence-electron chi connectivity index (χ3n) is 6.24. The van der Waals surface area contributed by atoms with Crippen molar-refractivity contribution in [3.63, 3.8) is 0 Å². The zero-order chi connectivity index (χ0) is 22.8. The van der Waals surface area contributed by atoms with Crippen LogP contribution >= 0.6 is 0 Å². The zero-order valence-electron chi connectivity index (χ0n) is 18.9. The molecule has 4 rings (SSSR count). The minimum absolute atomic E-state index is 0.165. The Morgan fingerprint density at radius 1 is 1.09 bits per heavy atom. The van der Waals surface area contributed by atoms with Crippen molar-refractivity contribution >= 4 is 17.1 Å². The molecule has 0 spiro atoms. The molecule has 2 aromatic heterocycles. The average Bonchev–Trinajstić information content (AvgIpc) is 3.13. The highest BCUT2D eigenvalue weighted by molar-refractivity contribution is 5.74. The highest BCUT2D eigenvalue weighted by atomic mass is 19.1. The molecule has 172 valence electrons. The molecule has 8 nitrogen and oxygen atoms in total. The van der Waals surface area contributed by atoms with Gasteiger partial charge in [0.05, 0.1) is 13.7 Å². The van der Waals surface area contributed by atoms with Crippen molar-refractivity contribution in [2.24, 2.45) is 0 Å². The summed E-state index contributed by atoms with van der Waals surface area (Å²) in [6, 6.07) is 5.00. The molecule has 9 heteroatoms. The maximum Gasteiger partial charge on any atom is 0.332 e. The number of rotatable bonds is 7. The average molecular weight is 444 g/mol. The number of anilines is 1. The van der Waals surface area contributed by atoms with Gasteiger partial charge in [-0.25, -0.2) is 9.18 Å². The lowest BCUT2D eigenvalue weighted by Gasteiger charge is -2.23. The maximum absolute atomic E-state index is 14.4. The van der Waals surface area contributed by atoms with E-state index in [4.69, 9.17) is 9.72 Å². The molecule has 0 amide bonds. The standard InChI is InChI=1S/C23H30FN5O3/c1-4-27-20-19(21(30)28(5-2)23(27)31)29(14-15-11-12-18(32-3)17(24)13-15)22(26-20)25-16-9-7-6-8-10-16/h11-13,16H,4-10,14H2,1-3H3,(H,25,26). The molecule has 2 heterocycles. The number of imidazole rings is 1. The van der Waals surface area contributed by atoms with Crippen LogP contribution in [0.15, 0.2) is 27.8 Å². The lowest BCUT2D eigenvalue weighted by atomic mass is 9.96. The van der Waals surface area contributed by atoms with Crippen molar-refractivity contribution < 1.29 is 9.13 Å². The van der Waals surface area contributed by atoms with E-state index in [2.05, 4.69) is 5.32 Å². The Labute approximate surface area is 185 Å². The Bertz CT molecular complexity index is 1240. The first-order valence-corrected chi connectivity index (χ1v) is 11.3. The molecule has 0 radical (unpaired) electrons. The molecule has 0 bridgehead atoms. The summed E-state index contributed by atoms with van der Waals surface area (Å²) in [6.07, 6.45) is 5.56. The van der Waals surface area contributed by atoms with Crippen LogP contribution in [0.2, 0.25) is 0 Å². The van der Waals surface area contributed by atoms with Crippen LogP contribution in [0.4, 0.5) is 10.3 Å². The van der Waals surface area contributed by atoms with Gasteiger partial charge in [0.2, 0.25) is 5.95 Å². The smallest absolute Gasteiger partial charge is 0.332 e. The van der Waals surface area contributed by atoms with E-state index < -0.39 is 5.82 Å². The predicted octanol–water partition coefficient (Wildman–Crippen LogP) is 3.34. The molecule has 3 aromatic rings. The second-order valence-electron chi connectivity index (χ2n) is 8.22. The maximum atomic E-state index is 14.4. The molecule has 0 atom stereocenters. The number of methoxy groups -OCH3 is 1. The second-order valence-corrected chi connectivity index (χ2v) is 8.22. The Hall–Kier alpha value is -3.10. The number of nitrogens with zero attached hydrogens (tertiary/aromatic N) is 4. The highest BCUT2D eigenvalue weighted by Gasteiger charge is 2.23. The van der Waals surface area contributed by atoms with Gasteiger partial charge in [-0.1, -0.05) is 25.3 Å². The quantitative estimate of drug-likeness (QED) is 0.606. The van der Waals surface area contributed by atoms with Crippen molar-refractivity contribution in [2.45, 2.75) is 71.6 Å². The van der Waals surface area contributed by atoms with E-state index in [1.807, 2.05) is 6.92 Å². The Morgan fingerprint density at radius 2 is 1.81 bits per heavy atom. The van der Waals surface area contributed by atoms with Gasteiger partial charge in [0.15, 0.2) is 22.7 Å². The first kappa shape index (κ1) is 22.1. The van der Waals surface area contributed by atoms with E-state index in [0.29, 0.717) is 29.2 Å². The third kappa shape index (κ3) is 3.91. The van der Waals surface area contributed by atoms with Crippen LogP contribution in [0.1, 0.15) is 51.5 Å². The topological polar surface area (TPSA) is 83.1 Å². The fraction of sp³-hybridized carbons (Fsp3) is 0.522. The fourth-order valence-corrected chi connectivity index (χ4v) is 4.54. The van der Waals surface area contributed by atoms with E-state index >= 15 is 0 Å². The van der Waals surface area contributed by atoms with Gasteiger partial charge in [-0.2, -0.15) is 4.98 Å². The van der Waals surface area contributed by atoms with E-state index in [0.717, 1.165) is 25.7 Å². The van der Waals surface area contributed by atoms with Crippen LogP contribution in [0.25, 0.3) is 11.2 Å². The number of hydrogen-bond donors (Lipinski definition) is 1. The second kappa shape index (κ2) is 9.18. The van der Waals surface area contributed by atoms with Crippen molar-refractivity contribution in [3.05, 3.63) is 50.4 Å². The number of fused-ring (bicyclic) bond motifs is 1. The number of aryl methyl sites for hydroxylation is 1. The summed E-state index contributed by atoms with van der Waals surface area (Å²) in [7, 11) is 1.42. The molecular weight excluding hydrogens is 413 g/mol. The van der Waals surface area contributed by atoms with Crippen LogP contribution in [0.5, 0.6) is 5.75 Å². The molecule has 1 aromatic carbocycles. The summed E-state index contributed by atoms with van der Waals surface area (Å²) >= 11 is 0. The van der Waals surface area contributed by atoms with Gasteiger partial charge < -0.3 is 10.1 Å². The number of nitrogens with one attached hydrogen (secondary N) is 1. The SMILES string of the molecule is CCn1c(=O)c2c(nc(NC3CCCCC3)n2Cc2ccc(OC)c(F)c2)n(CC)c1=O. The normalized spacial score (nSPS) is 14.8. The highest BCUT2D eigenvalue weighted by Crippen LogP contribution is 2.25. The molecule has 1 aliphatic carbocycles. The van der Waals surface area contributed by atoms with Crippen molar-refractivity contribution in [1.82, 2.24) is 18.7 Å².